The second-order valence-electron chi connectivity index (χ2n) is 8.73. The van der Waals surface area contributed by atoms with Crippen LogP contribution in [0.4, 0.5) is 5.69 Å². The number of anilines is 1. The van der Waals surface area contributed by atoms with E-state index in [1.807, 2.05) is 41.3 Å². The lowest BCUT2D eigenvalue weighted by Crippen LogP contribution is -2.42. The van der Waals surface area contributed by atoms with Crippen molar-refractivity contribution in [2.75, 3.05) is 32.1 Å². The molecule has 0 atom stereocenters. The molecule has 0 radical (unpaired) electrons. The van der Waals surface area contributed by atoms with Crippen LogP contribution in [0.2, 0.25) is 0 Å². The number of amides is 2. The van der Waals surface area contributed by atoms with Crippen molar-refractivity contribution < 1.29 is 19.1 Å². The van der Waals surface area contributed by atoms with E-state index in [1.54, 1.807) is 19.2 Å². The number of ether oxygens (including phenoxy) is 2. The molecule has 0 aromatic heterocycles. The SMILES string of the molecule is COc1ccc(C2(C(=O)Nc3ccc(OCC(=O)N4CCCC4)cc3)CCCCC2)cc1. The molecule has 6 nitrogen and oxygen atoms in total. The maximum Gasteiger partial charge on any atom is 0.260 e. The Morgan fingerprint density at radius 2 is 1.50 bits per heavy atom. The fourth-order valence-electron chi connectivity index (χ4n) is 4.80. The van der Waals surface area contributed by atoms with E-state index in [2.05, 4.69) is 5.32 Å². The van der Waals surface area contributed by atoms with E-state index in [0.717, 1.165) is 75.0 Å². The van der Waals surface area contributed by atoms with Gasteiger partial charge in [0, 0.05) is 18.8 Å². The first-order valence-electron chi connectivity index (χ1n) is 11.6. The molecule has 0 bridgehead atoms. The van der Waals surface area contributed by atoms with E-state index in [9.17, 15) is 9.59 Å². The summed E-state index contributed by atoms with van der Waals surface area (Å²) in [7, 11) is 1.65. The fraction of sp³-hybridized carbons (Fsp3) is 0.462. The third-order valence-electron chi connectivity index (χ3n) is 6.72. The minimum absolute atomic E-state index is 0.0265. The molecular formula is C26H32N2O4. The van der Waals surface area contributed by atoms with Gasteiger partial charge in [0.25, 0.3) is 5.91 Å². The minimum Gasteiger partial charge on any atom is -0.497 e. The van der Waals surface area contributed by atoms with Crippen LogP contribution in [0, 0.1) is 0 Å². The summed E-state index contributed by atoms with van der Waals surface area (Å²) in [5, 5.41) is 3.12. The third-order valence-corrected chi connectivity index (χ3v) is 6.72. The molecule has 0 unspecified atom stereocenters. The molecule has 6 heteroatoms. The molecule has 32 heavy (non-hydrogen) atoms. The highest BCUT2D eigenvalue weighted by Gasteiger charge is 2.41. The van der Waals surface area contributed by atoms with Gasteiger partial charge in [-0.1, -0.05) is 31.4 Å². The zero-order valence-corrected chi connectivity index (χ0v) is 18.8. The van der Waals surface area contributed by atoms with Crippen LogP contribution in [0.5, 0.6) is 11.5 Å². The summed E-state index contributed by atoms with van der Waals surface area (Å²) in [6, 6.07) is 15.1. The Kier molecular flexibility index (Phi) is 6.98. The number of rotatable bonds is 7. The zero-order chi connectivity index (χ0) is 22.4. The molecule has 2 aromatic rings. The van der Waals surface area contributed by atoms with Crippen molar-refractivity contribution >= 4 is 17.5 Å². The van der Waals surface area contributed by atoms with Crippen LogP contribution < -0.4 is 14.8 Å². The number of carbonyl (C=O) groups excluding carboxylic acids is 2. The molecular weight excluding hydrogens is 404 g/mol. The van der Waals surface area contributed by atoms with Crippen LogP contribution in [-0.4, -0.2) is 43.5 Å². The molecule has 2 amide bonds. The summed E-state index contributed by atoms with van der Waals surface area (Å²) in [5.41, 5.74) is 1.24. The van der Waals surface area contributed by atoms with Crippen molar-refractivity contribution in [3.8, 4) is 11.5 Å². The standard InChI is InChI=1S/C26H32N2O4/c1-31-22-11-7-20(8-12-22)26(15-3-2-4-16-26)25(30)27-21-9-13-23(14-10-21)32-19-24(29)28-17-5-6-18-28/h7-14H,2-6,15-19H2,1H3,(H,27,30). The Morgan fingerprint density at radius 1 is 0.875 bits per heavy atom. The summed E-state index contributed by atoms with van der Waals surface area (Å²) in [5.74, 6) is 1.47. The summed E-state index contributed by atoms with van der Waals surface area (Å²) in [6.45, 7) is 1.69. The van der Waals surface area contributed by atoms with Gasteiger partial charge in [-0.25, -0.2) is 0 Å². The van der Waals surface area contributed by atoms with Gasteiger partial charge in [-0.2, -0.15) is 0 Å². The van der Waals surface area contributed by atoms with Gasteiger partial charge in [0.1, 0.15) is 11.5 Å². The largest absolute Gasteiger partial charge is 0.497 e. The lowest BCUT2D eigenvalue weighted by atomic mass is 9.68. The molecule has 1 aliphatic heterocycles. The van der Waals surface area contributed by atoms with Gasteiger partial charge in [0.05, 0.1) is 12.5 Å². The monoisotopic (exact) mass is 436 g/mol. The van der Waals surface area contributed by atoms with Crippen molar-refractivity contribution in [2.24, 2.45) is 0 Å². The second-order valence-corrected chi connectivity index (χ2v) is 8.73. The van der Waals surface area contributed by atoms with Gasteiger partial charge in [-0.3, -0.25) is 9.59 Å². The number of hydrogen-bond acceptors (Lipinski definition) is 4. The maximum atomic E-state index is 13.5. The molecule has 1 N–H and O–H groups in total. The number of likely N-dealkylation sites (tertiary alicyclic amines) is 1. The van der Waals surface area contributed by atoms with Crippen LogP contribution in [0.1, 0.15) is 50.5 Å². The molecule has 1 saturated carbocycles. The highest BCUT2D eigenvalue weighted by molar-refractivity contribution is 5.99. The molecule has 0 spiro atoms. The molecule has 170 valence electrons. The summed E-state index contributed by atoms with van der Waals surface area (Å²) in [6.07, 6.45) is 7.05. The zero-order valence-electron chi connectivity index (χ0n) is 18.8. The van der Waals surface area contributed by atoms with E-state index < -0.39 is 5.41 Å². The van der Waals surface area contributed by atoms with E-state index in [1.165, 1.54) is 0 Å². The second kappa shape index (κ2) is 10.1. The van der Waals surface area contributed by atoms with Crippen LogP contribution in [0.25, 0.3) is 0 Å². The third kappa shape index (κ3) is 4.90. The van der Waals surface area contributed by atoms with Crippen molar-refractivity contribution in [1.29, 1.82) is 0 Å². The first-order valence-corrected chi connectivity index (χ1v) is 11.6. The van der Waals surface area contributed by atoms with Gasteiger partial charge < -0.3 is 19.7 Å². The molecule has 1 heterocycles. The normalized spacial score (nSPS) is 17.6. The van der Waals surface area contributed by atoms with Crippen LogP contribution >= 0.6 is 0 Å². The molecule has 2 fully saturated rings. The van der Waals surface area contributed by atoms with Gasteiger partial charge in [-0.05, 0) is 67.6 Å². The van der Waals surface area contributed by atoms with E-state index >= 15 is 0 Å². The van der Waals surface area contributed by atoms with Crippen LogP contribution in [0.3, 0.4) is 0 Å². The predicted octanol–water partition coefficient (Wildman–Crippen LogP) is 4.54. The van der Waals surface area contributed by atoms with Crippen LogP contribution in [0.15, 0.2) is 48.5 Å². The Bertz CT molecular complexity index is 912. The van der Waals surface area contributed by atoms with Crippen molar-refractivity contribution in [2.45, 2.75) is 50.4 Å². The molecule has 1 saturated heterocycles. The van der Waals surface area contributed by atoms with Gasteiger partial charge in [-0.15, -0.1) is 0 Å². The quantitative estimate of drug-likeness (QED) is 0.692. The number of methoxy groups -OCH3 is 1. The Morgan fingerprint density at radius 3 is 2.12 bits per heavy atom. The molecule has 2 aromatic carbocycles. The van der Waals surface area contributed by atoms with E-state index in [0.29, 0.717) is 5.75 Å². The van der Waals surface area contributed by atoms with E-state index in [-0.39, 0.29) is 18.4 Å². The Balaban J connectivity index is 1.41. The average molecular weight is 437 g/mol. The number of benzene rings is 2. The lowest BCUT2D eigenvalue weighted by molar-refractivity contribution is -0.132. The smallest absolute Gasteiger partial charge is 0.260 e. The number of nitrogens with zero attached hydrogens (tertiary/aromatic N) is 1. The highest BCUT2D eigenvalue weighted by atomic mass is 16.5. The topological polar surface area (TPSA) is 67.9 Å². The molecule has 1 aliphatic carbocycles. The van der Waals surface area contributed by atoms with E-state index in [4.69, 9.17) is 9.47 Å². The number of nitrogens with one attached hydrogen (secondary N) is 1. The summed E-state index contributed by atoms with van der Waals surface area (Å²) < 4.78 is 10.9. The minimum atomic E-state index is -0.526. The Hall–Kier alpha value is -3.02. The number of carbonyl (C=O) groups is 2. The van der Waals surface area contributed by atoms with Crippen LogP contribution in [-0.2, 0) is 15.0 Å². The summed E-state index contributed by atoms with van der Waals surface area (Å²) >= 11 is 0. The van der Waals surface area contributed by atoms with Gasteiger partial charge >= 0.3 is 0 Å². The summed E-state index contributed by atoms with van der Waals surface area (Å²) in [4.78, 5) is 27.5. The lowest BCUT2D eigenvalue weighted by Gasteiger charge is -2.36. The predicted molar refractivity (Wildman–Crippen MR) is 124 cm³/mol. The van der Waals surface area contributed by atoms with Crippen molar-refractivity contribution in [3.05, 3.63) is 54.1 Å². The Labute approximate surface area is 189 Å². The number of hydrogen-bond donors (Lipinski definition) is 1. The van der Waals surface area contributed by atoms with Gasteiger partial charge in [0.2, 0.25) is 5.91 Å². The average Bonchev–Trinajstić information content (AvgIpc) is 3.39. The molecule has 4 rings (SSSR count). The first kappa shape index (κ1) is 22.2. The van der Waals surface area contributed by atoms with Crippen molar-refractivity contribution in [3.63, 3.8) is 0 Å². The maximum absolute atomic E-state index is 13.5. The highest BCUT2D eigenvalue weighted by Crippen LogP contribution is 2.41. The fourth-order valence-corrected chi connectivity index (χ4v) is 4.80. The van der Waals surface area contributed by atoms with Gasteiger partial charge in [0.15, 0.2) is 6.61 Å². The van der Waals surface area contributed by atoms with Crippen molar-refractivity contribution in [1.82, 2.24) is 4.90 Å². The first-order chi connectivity index (χ1) is 15.6. The molecule has 2 aliphatic rings.